The molecule has 0 amide bonds. The molecule has 0 aliphatic carbocycles. The average molecular weight is 337 g/mol. The van der Waals surface area contributed by atoms with Crippen LogP contribution in [-0.4, -0.2) is 27.0 Å². The summed E-state index contributed by atoms with van der Waals surface area (Å²) in [5.74, 6) is 1.15. The topological polar surface area (TPSA) is 72.2 Å². The molecule has 0 saturated carbocycles. The van der Waals surface area contributed by atoms with Gasteiger partial charge in [-0.15, -0.1) is 0 Å². The molecule has 0 radical (unpaired) electrons. The van der Waals surface area contributed by atoms with Crippen LogP contribution in [0.3, 0.4) is 0 Å². The monoisotopic (exact) mass is 336 g/mol. The Morgan fingerprint density at radius 2 is 1.95 bits per heavy atom. The average Bonchev–Trinajstić information content (AvgIpc) is 2.37. The van der Waals surface area contributed by atoms with Crippen molar-refractivity contribution >= 4 is 39.1 Å². The van der Waals surface area contributed by atoms with Crippen molar-refractivity contribution in [3.8, 4) is 0 Å². The van der Waals surface area contributed by atoms with E-state index in [1.165, 1.54) is 18.6 Å². The van der Waals surface area contributed by atoms with Crippen molar-refractivity contribution in [1.82, 2.24) is 4.72 Å². The lowest BCUT2D eigenvalue weighted by molar-refractivity contribution is 0.574. The van der Waals surface area contributed by atoms with Gasteiger partial charge in [-0.1, -0.05) is 30.5 Å². The smallest absolute Gasteiger partial charge is 0.244 e. The molecule has 114 valence electrons. The number of benzene rings is 1. The number of unbranched alkanes of at least 4 members (excludes halogenated alkanes) is 3. The lowest BCUT2D eigenvalue weighted by atomic mass is 10.2. The number of hydrogen-bond donors (Lipinski definition) is 2. The van der Waals surface area contributed by atoms with E-state index in [1.54, 1.807) is 6.07 Å². The highest BCUT2D eigenvalue weighted by molar-refractivity contribution is 7.98. The summed E-state index contributed by atoms with van der Waals surface area (Å²) in [5.41, 5.74) is 5.86. The lowest BCUT2D eigenvalue weighted by Gasteiger charge is -2.10. The van der Waals surface area contributed by atoms with E-state index in [2.05, 4.69) is 11.0 Å². The maximum atomic E-state index is 12.1. The van der Waals surface area contributed by atoms with Gasteiger partial charge in [0, 0.05) is 6.54 Å². The van der Waals surface area contributed by atoms with Gasteiger partial charge in [-0.25, -0.2) is 13.1 Å². The number of thioether (sulfide) groups is 1. The van der Waals surface area contributed by atoms with Crippen LogP contribution in [0, 0.1) is 0 Å². The van der Waals surface area contributed by atoms with Crippen LogP contribution < -0.4 is 10.5 Å². The van der Waals surface area contributed by atoms with Gasteiger partial charge in [-0.05, 0) is 37.0 Å². The number of halogens is 1. The van der Waals surface area contributed by atoms with Crippen LogP contribution in [0.15, 0.2) is 23.1 Å². The molecule has 0 unspecified atom stereocenters. The number of nitrogens with two attached hydrogens (primary N) is 1. The highest BCUT2D eigenvalue weighted by atomic mass is 35.5. The maximum Gasteiger partial charge on any atom is 0.244 e. The number of nitrogen functional groups attached to an aromatic ring is 1. The molecule has 1 aromatic carbocycles. The highest BCUT2D eigenvalue weighted by Gasteiger charge is 2.20. The third-order valence-corrected chi connectivity index (χ3v) is 5.53. The van der Waals surface area contributed by atoms with Crippen molar-refractivity contribution in [2.24, 2.45) is 0 Å². The van der Waals surface area contributed by atoms with E-state index in [0.29, 0.717) is 6.54 Å². The first kappa shape index (κ1) is 17.6. The van der Waals surface area contributed by atoms with E-state index < -0.39 is 10.0 Å². The number of sulfonamides is 1. The standard InChI is InChI=1S/C13H21ClN2O2S2/c1-19-10-5-3-2-4-9-16-20(17,18)13-11(14)7-6-8-12(13)15/h6-8,16H,2-5,9-10,15H2,1H3. The summed E-state index contributed by atoms with van der Waals surface area (Å²) in [6.45, 7) is 0.409. The third-order valence-electron chi connectivity index (χ3n) is 2.83. The third kappa shape index (κ3) is 5.52. The second-order valence-corrected chi connectivity index (χ2v) is 7.56. The first-order chi connectivity index (χ1) is 9.49. The van der Waals surface area contributed by atoms with Crippen molar-refractivity contribution in [2.45, 2.75) is 30.6 Å². The minimum atomic E-state index is -3.63. The molecule has 0 fully saturated rings. The molecule has 7 heteroatoms. The fraction of sp³-hybridized carbons (Fsp3) is 0.538. The number of rotatable bonds is 9. The largest absolute Gasteiger partial charge is 0.398 e. The zero-order valence-electron chi connectivity index (χ0n) is 11.6. The Balaban J connectivity index is 2.46. The van der Waals surface area contributed by atoms with Gasteiger partial charge in [0.05, 0.1) is 10.7 Å². The van der Waals surface area contributed by atoms with E-state index >= 15 is 0 Å². The molecule has 0 atom stereocenters. The van der Waals surface area contributed by atoms with Crippen molar-refractivity contribution in [3.05, 3.63) is 23.2 Å². The van der Waals surface area contributed by atoms with Gasteiger partial charge in [0.25, 0.3) is 0 Å². The fourth-order valence-corrected chi connectivity index (χ4v) is 4.05. The summed E-state index contributed by atoms with van der Waals surface area (Å²) in [4.78, 5) is -0.0240. The minimum Gasteiger partial charge on any atom is -0.398 e. The quantitative estimate of drug-likeness (QED) is 0.537. The highest BCUT2D eigenvalue weighted by Crippen LogP contribution is 2.26. The lowest BCUT2D eigenvalue weighted by Crippen LogP contribution is -2.26. The fourth-order valence-electron chi connectivity index (χ4n) is 1.81. The predicted molar refractivity (Wildman–Crippen MR) is 87.9 cm³/mol. The first-order valence-corrected chi connectivity index (χ1v) is 9.77. The first-order valence-electron chi connectivity index (χ1n) is 6.51. The molecule has 0 bridgehead atoms. The molecule has 0 saturated heterocycles. The Kier molecular flexibility index (Phi) is 7.72. The minimum absolute atomic E-state index is 0.0240. The van der Waals surface area contributed by atoms with E-state index in [4.69, 9.17) is 17.3 Å². The molecule has 4 nitrogen and oxygen atoms in total. The number of anilines is 1. The molecular weight excluding hydrogens is 316 g/mol. The van der Waals surface area contributed by atoms with Crippen molar-refractivity contribution in [2.75, 3.05) is 24.3 Å². The van der Waals surface area contributed by atoms with Gasteiger partial charge in [-0.2, -0.15) is 11.8 Å². The van der Waals surface area contributed by atoms with Crippen LogP contribution >= 0.6 is 23.4 Å². The zero-order chi connectivity index (χ0) is 15.0. The Hall–Kier alpha value is -0.430. The van der Waals surface area contributed by atoms with Gasteiger partial charge < -0.3 is 5.73 Å². The van der Waals surface area contributed by atoms with Crippen LogP contribution in [0.1, 0.15) is 25.7 Å². The molecule has 0 spiro atoms. The predicted octanol–water partition coefficient (Wildman–Crippen LogP) is 3.12. The van der Waals surface area contributed by atoms with Gasteiger partial charge in [0.2, 0.25) is 10.0 Å². The van der Waals surface area contributed by atoms with Crippen molar-refractivity contribution < 1.29 is 8.42 Å². The molecule has 0 heterocycles. The Morgan fingerprint density at radius 3 is 2.60 bits per heavy atom. The Morgan fingerprint density at radius 1 is 1.25 bits per heavy atom. The van der Waals surface area contributed by atoms with E-state index in [-0.39, 0.29) is 15.6 Å². The SMILES string of the molecule is CSCCCCCCNS(=O)(=O)c1c(N)cccc1Cl. The molecule has 20 heavy (non-hydrogen) atoms. The second-order valence-electron chi connectivity index (χ2n) is 4.46. The second kappa shape index (κ2) is 8.77. The normalized spacial score (nSPS) is 11.7. The van der Waals surface area contributed by atoms with Crippen LogP contribution in [0.25, 0.3) is 0 Å². The molecule has 3 N–H and O–H groups in total. The van der Waals surface area contributed by atoms with Crippen molar-refractivity contribution in [3.63, 3.8) is 0 Å². The number of nitrogens with one attached hydrogen (secondary N) is 1. The Labute approximate surface area is 130 Å². The maximum absolute atomic E-state index is 12.1. The van der Waals surface area contributed by atoms with Crippen LogP contribution in [0.5, 0.6) is 0 Å². The van der Waals surface area contributed by atoms with Gasteiger partial charge >= 0.3 is 0 Å². The van der Waals surface area contributed by atoms with Gasteiger partial charge in [-0.3, -0.25) is 0 Å². The molecular formula is C13H21ClN2O2S2. The summed E-state index contributed by atoms with van der Waals surface area (Å²) in [5, 5.41) is 0.150. The van der Waals surface area contributed by atoms with E-state index in [0.717, 1.165) is 25.0 Å². The van der Waals surface area contributed by atoms with E-state index in [9.17, 15) is 8.42 Å². The van der Waals surface area contributed by atoms with Gasteiger partial charge in [0.15, 0.2) is 0 Å². The van der Waals surface area contributed by atoms with Crippen LogP contribution in [0.4, 0.5) is 5.69 Å². The van der Waals surface area contributed by atoms with E-state index in [1.807, 2.05) is 11.8 Å². The van der Waals surface area contributed by atoms with Crippen LogP contribution in [0.2, 0.25) is 5.02 Å². The summed E-state index contributed by atoms with van der Waals surface area (Å²) < 4.78 is 26.8. The molecule has 0 aliphatic rings. The molecule has 1 rings (SSSR count). The summed E-state index contributed by atoms with van der Waals surface area (Å²) in [7, 11) is -3.63. The molecule has 0 aliphatic heterocycles. The molecule has 1 aromatic rings. The summed E-state index contributed by atoms with van der Waals surface area (Å²) in [6, 6.07) is 4.68. The van der Waals surface area contributed by atoms with Gasteiger partial charge in [0.1, 0.15) is 4.90 Å². The van der Waals surface area contributed by atoms with Crippen LogP contribution in [-0.2, 0) is 10.0 Å². The van der Waals surface area contributed by atoms with Crippen molar-refractivity contribution in [1.29, 1.82) is 0 Å². The summed E-state index contributed by atoms with van der Waals surface area (Å²) in [6.07, 6.45) is 6.21. The molecule has 0 aromatic heterocycles. The Bertz CT molecular complexity index is 501. The zero-order valence-corrected chi connectivity index (χ0v) is 14.0. The number of hydrogen-bond acceptors (Lipinski definition) is 4. The summed E-state index contributed by atoms with van der Waals surface area (Å²) >= 11 is 7.74.